The molecule has 0 spiro atoms. The van der Waals surface area contributed by atoms with Gasteiger partial charge < -0.3 is 14.8 Å². The van der Waals surface area contributed by atoms with E-state index >= 15 is 0 Å². The van der Waals surface area contributed by atoms with Crippen LogP contribution in [0.5, 0.6) is 5.75 Å². The number of hydrogen-bond donors (Lipinski definition) is 1. The minimum atomic E-state index is -0.502. The van der Waals surface area contributed by atoms with Gasteiger partial charge in [0.25, 0.3) is 0 Å². The molecule has 0 aliphatic carbocycles. The number of anilines is 1. The summed E-state index contributed by atoms with van der Waals surface area (Å²) in [5, 5.41) is 2.85. The molecule has 1 N–H and O–H groups in total. The Morgan fingerprint density at radius 1 is 1.37 bits per heavy atom. The fourth-order valence-corrected chi connectivity index (χ4v) is 1.46. The number of halogens is 1. The molecule has 0 amide bonds. The number of carbonyl (C=O) groups excluding carboxylic acids is 1. The number of hydrogen-bond acceptors (Lipinski definition) is 4. The standard InChI is InChI=1S/C14H20FNO3/c1-14(2,3)19-13(17)7-8-16-12-9-10(18-4)5-6-11(12)15/h5-6,9,16H,7-8H2,1-4H3. The van der Waals surface area contributed by atoms with E-state index in [0.29, 0.717) is 18.0 Å². The Morgan fingerprint density at radius 3 is 2.63 bits per heavy atom. The molecule has 0 atom stereocenters. The topological polar surface area (TPSA) is 47.6 Å². The second kappa shape index (κ2) is 6.41. The van der Waals surface area contributed by atoms with Crippen molar-refractivity contribution in [3.05, 3.63) is 24.0 Å². The lowest BCUT2D eigenvalue weighted by atomic mass is 10.2. The Kier molecular flexibility index (Phi) is 5.15. The predicted molar refractivity (Wildman–Crippen MR) is 71.9 cm³/mol. The molecule has 0 saturated carbocycles. The number of benzene rings is 1. The molecule has 0 radical (unpaired) electrons. The smallest absolute Gasteiger partial charge is 0.308 e. The highest BCUT2D eigenvalue weighted by Gasteiger charge is 2.15. The number of methoxy groups -OCH3 is 1. The van der Waals surface area contributed by atoms with Gasteiger partial charge in [-0.3, -0.25) is 4.79 Å². The molecular formula is C14H20FNO3. The largest absolute Gasteiger partial charge is 0.497 e. The van der Waals surface area contributed by atoms with Gasteiger partial charge >= 0.3 is 5.97 Å². The first-order valence-corrected chi connectivity index (χ1v) is 6.11. The van der Waals surface area contributed by atoms with Crippen molar-refractivity contribution in [1.82, 2.24) is 0 Å². The molecule has 0 aliphatic rings. The van der Waals surface area contributed by atoms with Crippen LogP contribution in [-0.2, 0) is 9.53 Å². The van der Waals surface area contributed by atoms with Crippen LogP contribution in [0.2, 0.25) is 0 Å². The van der Waals surface area contributed by atoms with E-state index in [2.05, 4.69) is 5.32 Å². The first-order valence-electron chi connectivity index (χ1n) is 6.11. The van der Waals surface area contributed by atoms with Crippen molar-refractivity contribution in [3.8, 4) is 5.75 Å². The molecular weight excluding hydrogens is 249 g/mol. The Morgan fingerprint density at radius 2 is 2.05 bits per heavy atom. The quantitative estimate of drug-likeness (QED) is 0.835. The zero-order valence-electron chi connectivity index (χ0n) is 11.7. The molecule has 4 nitrogen and oxygen atoms in total. The van der Waals surface area contributed by atoms with Gasteiger partial charge in [0.1, 0.15) is 17.2 Å². The molecule has 0 fully saturated rings. The van der Waals surface area contributed by atoms with Gasteiger partial charge in [-0.2, -0.15) is 0 Å². The monoisotopic (exact) mass is 269 g/mol. The van der Waals surface area contributed by atoms with E-state index in [9.17, 15) is 9.18 Å². The van der Waals surface area contributed by atoms with Crippen LogP contribution in [-0.4, -0.2) is 25.2 Å². The maximum atomic E-state index is 13.5. The van der Waals surface area contributed by atoms with Gasteiger partial charge in [-0.15, -0.1) is 0 Å². The molecule has 0 heterocycles. The van der Waals surface area contributed by atoms with Crippen molar-refractivity contribution in [2.45, 2.75) is 32.8 Å². The summed E-state index contributed by atoms with van der Waals surface area (Å²) in [6, 6.07) is 4.40. The van der Waals surface area contributed by atoms with Crippen LogP contribution in [0.25, 0.3) is 0 Å². The highest BCUT2D eigenvalue weighted by molar-refractivity contribution is 5.70. The zero-order valence-corrected chi connectivity index (χ0v) is 11.7. The SMILES string of the molecule is COc1ccc(F)c(NCCC(=O)OC(C)(C)C)c1. The Balaban J connectivity index is 2.47. The van der Waals surface area contributed by atoms with Gasteiger partial charge in [0.15, 0.2) is 0 Å². The number of nitrogens with one attached hydrogen (secondary N) is 1. The van der Waals surface area contributed by atoms with Crippen LogP contribution in [0.15, 0.2) is 18.2 Å². The van der Waals surface area contributed by atoms with Crippen LogP contribution in [0.4, 0.5) is 10.1 Å². The normalized spacial score (nSPS) is 11.0. The predicted octanol–water partition coefficient (Wildman–Crippen LogP) is 2.98. The van der Waals surface area contributed by atoms with Gasteiger partial charge in [0.05, 0.1) is 19.2 Å². The average molecular weight is 269 g/mol. The van der Waals surface area contributed by atoms with Crippen molar-refractivity contribution in [1.29, 1.82) is 0 Å². The minimum Gasteiger partial charge on any atom is -0.497 e. The molecule has 0 aliphatic heterocycles. The lowest BCUT2D eigenvalue weighted by molar-refractivity contribution is -0.154. The summed E-state index contributed by atoms with van der Waals surface area (Å²) in [5.41, 5.74) is -0.193. The van der Waals surface area contributed by atoms with Crippen LogP contribution in [0, 0.1) is 5.82 Å². The summed E-state index contributed by atoms with van der Waals surface area (Å²) in [6.45, 7) is 5.72. The van der Waals surface area contributed by atoms with Gasteiger partial charge in [0, 0.05) is 12.6 Å². The fourth-order valence-electron chi connectivity index (χ4n) is 1.46. The van der Waals surface area contributed by atoms with Gasteiger partial charge in [-0.1, -0.05) is 0 Å². The van der Waals surface area contributed by atoms with E-state index in [4.69, 9.17) is 9.47 Å². The summed E-state index contributed by atoms with van der Waals surface area (Å²) < 4.78 is 23.6. The average Bonchev–Trinajstić information content (AvgIpc) is 2.29. The van der Waals surface area contributed by atoms with Crippen molar-refractivity contribution in [2.24, 2.45) is 0 Å². The summed E-state index contributed by atoms with van der Waals surface area (Å²) in [4.78, 5) is 11.5. The van der Waals surface area contributed by atoms with Gasteiger partial charge in [-0.05, 0) is 32.9 Å². The summed E-state index contributed by atoms with van der Waals surface area (Å²) in [7, 11) is 1.51. The molecule has 106 valence electrons. The Labute approximate surface area is 112 Å². The van der Waals surface area contributed by atoms with Crippen molar-refractivity contribution < 1.29 is 18.7 Å². The van der Waals surface area contributed by atoms with E-state index < -0.39 is 5.60 Å². The Bertz CT molecular complexity index is 441. The first-order chi connectivity index (χ1) is 8.81. The third-order valence-corrected chi connectivity index (χ3v) is 2.24. The highest BCUT2D eigenvalue weighted by atomic mass is 19.1. The van der Waals surface area contributed by atoms with E-state index in [1.165, 1.54) is 19.2 Å². The maximum Gasteiger partial charge on any atom is 0.308 e. The van der Waals surface area contributed by atoms with Crippen molar-refractivity contribution in [3.63, 3.8) is 0 Å². The second-order valence-electron chi connectivity index (χ2n) is 5.11. The molecule has 1 aromatic carbocycles. The molecule has 1 rings (SSSR count). The highest BCUT2D eigenvalue weighted by Crippen LogP contribution is 2.21. The van der Waals surface area contributed by atoms with E-state index in [0.717, 1.165) is 0 Å². The van der Waals surface area contributed by atoms with Crippen LogP contribution < -0.4 is 10.1 Å². The number of rotatable bonds is 5. The van der Waals surface area contributed by atoms with Gasteiger partial charge in [0.2, 0.25) is 0 Å². The van der Waals surface area contributed by atoms with E-state index in [1.807, 2.05) is 0 Å². The molecule has 1 aromatic rings. The molecule has 0 bridgehead atoms. The van der Waals surface area contributed by atoms with Crippen LogP contribution >= 0.6 is 0 Å². The Hall–Kier alpha value is -1.78. The first kappa shape index (κ1) is 15.3. The zero-order chi connectivity index (χ0) is 14.5. The summed E-state index contributed by atoms with van der Waals surface area (Å²) in [6.07, 6.45) is 0.175. The minimum absolute atomic E-state index is 0.175. The van der Waals surface area contributed by atoms with E-state index in [-0.39, 0.29) is 18.2 Å². The second-order valence-corrected chi connectivity index (χ2v) is 5.11. The number of ether oxygens (including phenoxy) is 2. The molecule has 5 heteroatoms. The van der Waals surface area contributed by atoms with Crippen LogP contribution in [0.3, 0.4) is 0 Å². The lowest BCUT2D eigenvalue weighted by Crippen LogP contribution is -2.25. The third-order valence-electron chi connectivity index (χ3n) is 2.24. The lowest BCUT2D eigenvalue weighted by Gasteiger charge is -2.19. The molecule has 0 saturated heterocycles. The van der Waals surface area contributed by atoms with Crippen molar-refractivity contribution >= 4 is 11.7 Å². The van der Waals surface area contributed by atoms with Gasteiger partial charge in [-0.25, -0.2) is 4.39 Å². The molecule has 19 heavy (non-hydrogen) atoms. The van der Waals surface area contributed by atoms with Crippen LogP contribution in [0.1, 0.15) is 27.2 Å². The summed E-state index contributed by atoms with van der Waals surface area (Å²) in [5.74, 6) is -0.144. The maximum absolute atomic E-state index is 13.5. The molecule has 0 unspecified atom stereocenters. The van der Waals surface area contributed by atoms with Crippen molar-refractivity contribution in [2.75, 3.05) is 19.0 Å². The summed E-state index contributed by atoms with van der Waals surface area (Å²) >= 11 is 0. The van der Waals surface area contributed by atoms with E-state index in [1.54, 1.807) is 26.8 Å². The number of carbonyl (C=O) groups is 1. The number of esters is 1. The third kappa shape index (κ3) is 5.59. The fraction of sp³-hybridized carbons (Fsp3) is 0.500. The molecule has 0 aromatic heterocycles.